The SMILES string of the molecule is N#Cc1cccc(N2C(=O)CNC2=S)c1C(F)(F)F. The van der Waals surface area contributed by atoms with Gasteiger partial charge in [0.05, 0.1) is 29.4 Å². The molecule has 1 aromatic carbocycles. The van der Waals surface area contributed by atoms with Gasteiger partial charge in [-0.25, -0.2) is 0 Å². The van der Waals surface area contributed by atoms with Crippen LogP contribution in [0.4, 0.5) is 18.9 Å². The van der Waals surface area contributed by atoms with E-state index in [-0.39, 0.29) is 11.7 Å². The van der Waals surface area contributed by atoms with Gasteiger partial charge in [-0.05, 0) is 24.4 Å². The number of thiocarbonyl (C=S) groups is 1. The van der Waals surface area contributed by atoms with Crippen molar-refractivity contribution in [2.45, 2.75) is 6.18 Å². The smallest absolute Gasteiger partial charge is 0.353 e. The fourth-order valence-corrected chi connectivity index (χ4v) is 2.06. The molecule has 1 aliphatic rings. The molecule has 4 nitrogen and oxygen atoms in total. The van der Waals surface area contributed by atoms with Crippen molar-refractivity contribution in [3.63, 3.8) is 0 Å². The molecule has 1 saturated heterocycles. The number of rotatable bonds is 1. The number of nitrogens with zero attached hydrogens (tertiary/aromatic N) is 2. The van der Waals surface area contributed by atoms with Gasteiger partial charge < -0.3 is 5.32 Å². The quantitative estimate of drug-likeness (QED) is 0.799. The number of carbonyl (C=O) groups is 1. The van der Waals surface area contributed by atoms with Gasteiger partial charge in [-0.2, -0.15) is 18.4 Å². The number of amides is 1. The highest BCUT2D eigenvalue weighted by atomic mass is 32.1. The van der Waals surface area contributed by atoms with E-state index in [4.69, 9.17) is 17.5 Å². The lowest BCUT2D eigenvalue weighted by atomic mass is 10.0. The van der Waals surface area contributed by atoms with Crippen LogP contribution in [0.3, 0.4) is 0 Å². The van der Waals surface area contributed by atoms with E-state index in [2.05, 4.69) is 5.32 Å². The number of nitrogens with one attached hydrogen (secondary N) is 1. The number of hydrogen-bond donors (Lipinski definition) is 1. The highest BCUT2D eigenvalue weighted by molar-refractivity contribution is 7.80. The molecule has 0 spiro atoms. The molecule has 1 amide bonds. The summed E-state index contributed by atoms with van der Waals surface area (Å²) in [5.41, 5.74) is -2.13. The summed E-state index contributed by atoms with van der Waals surface area (Å²) in [4.78, 5) is 12.4. The monoisotopic (exact) mass is 285 g/mol. The van der Waals surface area contributed by atoms with Crippen molar-refractivity contribution in [1.29, 1.82) is 5.26 Å². The number of carbonyl (C=O) groups excluding carboxylic acids is 1. The molecular formula is C11H6F3N3OS. The van der Waals surface area contributed by atoms with Crippen LogP contribution in [-0.2, 0) is 11.0 Å². The number of benzene rings is 1. The van der Waals surface area contributed by atoms with Gasteiger partial charge in [-0.15, -0.1) is 0 Å². The van der Waals surface area contributed by atoms with Gasteiger partial charge in [0.1, 0.15) is 0 Å². The number of alkyl halides is 3. The van der Waals surface area contributed by atoms with Crippen LogP contribution in [0.15, 0.2) is 18.2 Å². The Hall–Kier alpha value is -2.14. The summed E-state index contributed by atoms with van der Waals surface area (Å²) >= 11 is 4.81. The normalized spacial score (nSPS) is 15.4. The van der Waals surface area contributed by atoms with Gasteiger partial charge in [-0.3, -0.25) is 9.69 Å². The highest BCUT2D eigenvalue weighted by Crippen LogP contribution is 2.39. The first kappa shape index (κ1) is 13.3. The van der Waals surface area contributed by atoms with Crippen LogP contribution in [0.25, 0.3) is 0 Å². The van der Waals surface area contributed by atoms with Crippen molar-refractivity contribution in [1.82, 2.24) is 5.32 Å². The molecule has 1 N–H and O–H groups in total. The molecule has 0 unspecified atom stereocenters. The van der Waals surface area contributed by atoms with Crippen molar-refractivity contribution in [3.05, 3.63) is 29.3 Å². The van der Waals surface area contributed by atoms with Crippen LogP contribution in [0.1, 0.15) is 11.1 Å². The van der Waals surface area contributed by atoms with Gasteiger partial charge in [0.15, 0.2) is 5.11 Å². The molecule has 0 aromatic heterocycles. The van der Waals surface area contributed by atoms with E-state index in [1.165, 1.54) is 12.1 Å². The van der Waals surface area contributed by atoms with Crippen molar-refractivity contribution in [3.8, 4) is 6.07 Å². The molecule has 2 rings (SSSR count). The standard InChI is InChI=1S/C11H6F3N3OS/c12-11(13,14)9-6(4-15)2-1-3-7(9)17-8(18)5-16-10(17)19/h1-3H,5H2,(H,16,19). The number of halogens is 3. The Balaban J connectivity index is 2.68. The predicted molar refractivity (Wildman–Crippen MR) is 64.2 cm³/mol. The second-order valence-electron chi connectivity index (χ2n) is 3.70. The van der Waals surface area contributed by atoms with Gasteiger partial charge in [0.25, 0.3) is 5.91 Å². The topological polar surface area (TPSA) is 56.1 Å². The third-order valence-corrected chi connectivity index (χ3v) is 2.86. The lowest BCUT2D eigenvalue weighted by Crippen LogP contribution is -2.32. The van der Waals surface area contributed by atoms with E-state index in [0.717, 1.165) is 17.0 Å². The minimum Gasteiger partial charge on any atom is -0.353 e. The van der Waals surface area contributed by atoms with Gasteiger partial charge >= 0.3 is 6.18 Å². The van der Waals surface area contributed by atoms with Crippen LogP contribution < -0.4 is 10.2 Å². The molecule has 0 bridgehead atoms. The van der Waals surface area contributed by atoms with Crippen LogP contribution in [0.5, 0.6) is 0 Å². The fraction of sp³-hybridized carbons (Fsp3) is 0.182. The minimum absolute atomic E-state index is 0.106. The molecule has 1 heterocycles. The molecule has 19 heavy (non-hydrogen) atoms. The van der Waals surface area contributed by atoms with Crippen LogP contribution >= 0.6 is 12.2 Å². The zero-order valence-electron chi connectivity index (χ0n) is 9.28. The van der Waals surface area contributed by atoms with Crippen molar-refractivity contribution in [2.75, 3.05) is 11.4 Å². The van der Waals surface area contributed by atoms with Gasteiger partial charge in [0.2, 0.25) is 0 Å². The van der Waals surface area contributed by atoms with E-state index in [1.54, 1.807) is 0 Å². The van der Waals surface area contributed by atoms with Gasteiger partial charge in [-0.1, -0.05) is 6.07 Å². The van der Waals surface area contributed by atoms with E-state index in [0.29, 0.717) is 0 Å². The largest absolute Gasteiger partial charge is 0.419 e. The molecule has 0 aliphatic carbocycles. The third kappa shape index (κ3) is 2.24. The summed E-state index contributed by atoms with van der Waals surface area (Å²) in [7, 11) is 0. The Kier molecular flexibility index (Phi) is 3.16. The molecule has 0 saturated carbocycles. The fourth-order valence-electron chi connectivity index (χ4n) is 1.78. The van der Waals surface area contributed by atoms with Crippen molar-refractivity contribution < 1.29 is 18.0 Å². The molecule has 0 atom stereocenters. The Morgan fingerprint density at radius 1 is 1.42 bits per heavy atom. The van der Waals surface area contributed by atoms with Crippen LogP contribution in [-0.4, -0.2) is 17.6 Å². The summed E-state index contributed by atoms with van der Waals surface area (Å²) in [6.45, 7) is -0.160. The van der Waals surface area contributed by atoms with Crippen LogP contribution in [0, 0.1) is 11.3 Å². The summed E-state index contributed by atoms with van der Waals surface area (Å²) in [6.07, 6.45) is -4.75. The average molecular weight is 285 g/mol. The van der Waals surface area contributed by atoms with E-state index >= 15 is 0 Å². The molecular weight excluding hydrogens is 279 g/mol. The molecule has 1 aromatic rings. The zero-order valence-corrected chi connectivity index (χ0v) is 10.1. The summed E-state index contributed by atoms with van der Waals surface area (Å²) in [5, 5.41) is 11.2. The van der Waals surface area contributed by atoms with E-state index in [1.807, 2.05) is 0 Å². The van der Waals surface area contributed by atoms with Crippen molar-refractivity contribution in [2.24, 2.45) is 0 Å². The van der Waals surface area contributed by atoms with Crippen LogP contribution in [0.2, 0.25) is 0 Å². The summed E-state index contributed by atoms with van der Waals surface area (Å²) in [5.74, 6) is -0.592. The Bertz CT molecular complexity index is 590. The number of anilines is 1. The predicted octanol–water partition coefficient (Wildman–Crippen LogP) is 1.80. The van der Waals surface area contributed by atoms with E-state index in [9.17, 15) is 18.0 Å². The Morgan fingerprint density at radius 2 is 2.11 bits per heavy atom. The molecule has 98 valence electrons. The third-order valence-electron chi connectivity index (χ3n) is 2.53. The summed E-state index contributed by atoms with van der Waals surface area (Å²) in [6, 6.07) is 4.91. The number of hydrogen-bond acceptors (Lipinski definition) is 3. The maximum atomic E-state index is 13.1. The maximum Gasteiger partial charge on any atom is 0.419 e. The second kappa shape index (κ2) is 4.51. The first-order chi connectivity index (χ1) is 8.86. The van der Waals surface area contributed by atoms with Gasteiger partial charge in [0, 0.05) is 0 Å². The Labute approximate surface area is 111 Å². The first-order valence-electron chi connectivity index (χ1n) is 5.07. The van der Waals surface area contributed by atoms with Crippen molar-refractivity contribution >= 4 is 28.9 Å². The molecule has 0 radical (unpaired) electrons. The minimum atomic E-state index is -4.75. The lowest BCUT2D eigenvalue weighted by molar-refractivity contribution is -0.137. The average Bonchev–Trinajstić information content (AvgIpc) is 2.67. The zero-order chi connectivity index (χ0) is 14.2. The first-order valence-corrected chi connectivity index (χ1v) is 5.48. The molecule has 8 heteroatoms. The number of nitriles is 1. The maximum absolute atomic E-state index is 13.1. The lowest BCUT2D eigenvalue weighted by Gasteiger charge is -2.20. The highest BCUT2D eigenvalue weighted by Gasteiger charge is 2.40. The second-order valence-corrected chi connectivity index (χ2v) is 4.08. The Morgan fingerprint density at radius 3 is 2.58 bits per heavy atom. The molecule has 1 aliphatic heterocycles. The van der Waals surface area contributed by atoms with E-state index < -0.39 is 28.9 Å². The summed E-state index contributed by atoms with van der Waals surface area (Å²) < 4.78 is 39.2. The molecule has 1 fully saturated rings.